The number of nitro benzene ring substituents is 1. The molecule has 0 atom stereocenters. The zero-order valence-corrected chi connectivity index (χ0v) is 12.0. The van der Waals surface area contributed by atoms with Crippen LogP contribution in [0.3, 0.4) is 0 Å². The van der Waals surface area contributed by atoms with Gasteiger partial charge in [-0.1, -0.05) is 6.07 Å². The number of pyridine rings is 1. The summed E-state index contributed by atoms with van der Waals surface area (Å²) >= 11 is 6.50. The third kappa shape index (κ3) is 2.68. The van der Waals surface area contributed by atoms with Crippen molar-refractivity contribution < 1.29 is 9.66 Å². The van der Waals surface area contributed by atoms with Crippen LogP contribution in [0.15, 0.2) is 45.6 Å². The Morgan fingerprint density at radius 2 is 2.00 bits per heavy atom. The van der Waals surface area contributed by atoms with Gasteiger partial charge in [-0.3, -0.25) is 15.1 Å². The van der Waals surface area contributed by atoms with Gasteiger partial charge >= 0.3 is 5.69 Å². The molecule has 0 spiro atoms. The van der Waals surface area contributed by atoms with Crippen LogP contribution in [0, 0.1) is 10.1 Å². The number of halogens is 2. The van der Waals surface area contributed by atoms with Crippen LogP contribution in [-0.2, 0) is 0 Å². The van der Waals surface area contributed by atoms with E-state index in [9.17, 15) is 10.1 Å². The number of aromatic nitrogens is 1. The van der Waals surface area contributed by atoms with Gasteiger partial charge in [0.1, 0.15) is 5.75 Å². The second-order valence-electron chi connectivity index (χ2n) is 3.25. The van der Waals surface area contributed by atoms with Crippen LogP contribution >= 0.6 is 31.9 Å². The molecule has 0 bridgehead atoms. The normalized spacial score (nSPS) is 10.1. The van der Waals surface area contributed by atoms with E-state index in [1.807, 2.05) is 0 Å². The van der Waals surface area contributed by atoms with Crippen LogP contribution in [0.2, 0.25) is 0 Å². The molecular weight excluding hydrogens is 368 g/mol. The summed E-state index contributed by atoms with van der Waals surface area (Å²) in [4.78, 5) is 14.3. The first-order valence-electron chi connectivity index (χ1n) is 4.80. The van der Waals surface area contributed by atoms with Crippen LogP contribution in [0.5, 0.6) is 11.5 Å². The molecule has 1 heterocycles. The molecule has 0 aliphatic heterocycles. The number of ether oxygens (including phenoxy) is 1. The van der Waals surface area contributed by atoms with E-state index < -0.39 is 4.92 Å². The molecule has 1 aromatic heterocycles. The first kappa shape index (κ1) is 13.0. The summed E-state index contributed by atoms with van der Waals surface area (Å²) in [5, 5.41) is 10.9. The predicted molar refractivity (Wildman–Crippen MR) is 72.8 cm³/mol. The molecule has 18 heavy (non-hydrogen) atoms. The van der Waals surface area contributed by atoms with E-state index in [1.54, 1.807) is 30.6 Å². The van der Waals surface area contributed by atoms with Crippen LogP contribution in [0.4, 0.5) is 5.69 Å². The molecule has 2 aromatic rings. The van der Waals surface area contributed by atoms with Crippen molar-refractivity contribution in [1.29, 1.82) is 0 Å². The largest absolute Gasteiger partial charge is 0.448 e. The number of hydrogen-bond donors (Lipinski definition) is 0. The fourth-order valence-corrected chi connectivity index (χ4v) is 2.07. The minimum atomic E-state index is -0.491. The third-order valence-corrected chi connectivity index (χ3v) is 3.31. The first-order valence-corrected chi connectivity index (χ1v) is 6.38. The van der Waals surface area contributed by atoms with E-state index in [0.29, 0.717) is 14.7 Å². The smallest absolute Gasteiger partial charge is 0.312 e. The van der Waals surface area contributed by atoms with E-state index >= 15 is 0 Å². The van der Waals surface area contributed by atoms with Crippen molar-refractivity contribution >= 4 is 37.5 Å². The summed E-state index contributed by atoms with van der Waals surface area (Å²) in [6.07, 6.45) is 3.10. The molecule has 0 saturated heterocycles. The summed E-state index contributed by atoms with van der Waals surface area (Å²) in [5.74, 6) is 0.620. The maximum Gasteiger partial charge on any atom is 0.312 e. The van der Waals surface area contributed by atoms with Crippen molar-refractivity contribution in [2.75, 3.05) is 0 Å². The fraction of sp³-hybridized carbons (Fsp3) is 0. The molecule has 0 amide bonds. The Morgan fingerprint density at radius 1 is 1.22 bits per heavy atom. The van der Waals surface area contributed by atoms with Gasteiger partial charge in [-0.05, 0) is 37.9 Å². The number of hydrogen-bond acceptors (Lipinski definition) is 4. The molecule has 7 heteroatoms. The van der Waals surface area contributed by atoms with Crippen molar-refractivity contribution in [2.24, 2.45) is 0 Å². The van der Waals surface area contributed by atoms with Gasteiger partial charge in [0.05, 0.1) is 13.9 Å². The van der Waals surface area contributed by atoms with Gasteiger partial charge in [-0.25, -0.2) is 0 Å². The lowest BCUT2D eigenvalue weighted by molar-refractivity contribution is -0.385. The average molecular weight is 374 g/mol. The molecule has 0 aliphatic rings. The summed E-state index contributed by atoms with van der Waals surface area (Å²) in [6.45, 7) is 0. The molecule has 0 unspecified atom stereocenters. The van der Waals surface area contributed by atoms with Gasteiger partial charge in [-0.15, -0.1) is 0 Å². The lowest BCUT2D eigenvalue weighted by atomic mass is 10.3. The zero-order chi connectivity index (χ0) is 13.1. The highest BCUT2D eigenvalue weighted by Gasteiger charge is 2.19. The van der Waals surface area contributed by atoms with Crippen molar-refractivity contribution in [1.82, 2.24) is 4.98 Å². The molecule has 2 rings (SSSR count). The Kier molecular flexibility index (Phi) is 3.93. The summed E-state index contributed by atoms with van der Waals surface area (Å²) < 4.78 is 6.69. The molecule has 0 fully saturated rings. The number of nitro groups is 1. The summed E-state index contributed by atoms with van der Waals surface area (Å²) in [6, 6.07) is 6.26. The lowest BCUT2D eigenvalue weighted by Crippen LogP contribution is -1.94. The third-order valence-electron chi connectivity index (χ3n) is 2.09. The molecule has 0 radical (unpaired) electrons. The molecule has 0 N–H and O–H groups in total. The van der Waals surface area contributed by atoms with Gasteiger partial charge in [0.2, 0.25) is 5.75 Å². The van der Waals surface area contributed by atoms with E-state index in [1.165, 1.54) is 6.07 Å². The standard InChI is InChI=1S/C11H6Br2N2O3/c12-7-2-1-3-9(15(16)17)11(7)18-10-4-5-14-6-8(10)13/h1-6H. The molecule has 92 valence electrons. The Labute approximate surface area is 119 Å². The summed E-state index contributed by atoms with van der Waals surface area (Å²) in [5.41, 5.74) is -0.104. The maximum absolute atomic E-state index is 10.9. The van der Waals surface area contributed by atoms with Crippen molar-refractivity contribution in [3.63, 3.8) is 0 Å². The maximum atomic E-state index is 10.9. The van der Waals surface area contributed by atoms with Crippen molar-refractivity contribution in [3.05, 3.63) is 55.7 Å². The highest BCUT2D eigenvalue weighted by atomic mass is 79.9. The molecule has 0 saturated carbocycles. The Hall–Kier alpha value is -1.47. The van der Waals surface area contributed by atoms with Crippen LogP contribution in [0.25, 0.3) is 0 Å². The van der Waals surface area contributed by atoms with Gasteiger partial charge in [0, 0.05) is 24.5 Å². The highest BCUT2D eigenvalue weighted by molar-refractivity contribution is 9.11. The van der Waals surface area contributed by atoms with Gasteiger partial charge in [-0.2, -0.15) is 0 Å². The SMILES string of the molecule is O=[N+]([O-])c1cccc(Br)c1Oc1ccncc1Br. The number of nitrogens with zero attached hydrogens (tertiary/aromatic N) is 2. The Morgan fingerprint density at radius 3 is 2.67 bits per heavy atom. The number of benzene rings is 1. The van der Waals surface area contributed by atoms with E-state index in [4.69, 9.17) is 4.74 Å². The van der Waals surface area contributed by atoms with E-state index in [2.05, 4.69) is 36.8 Å². The topological polar surface area (TPSA) is 65.3 Å². The number of para-hydroxylation sites is 1. The highest BCUT2D eigenvalue weighted by Crippen LogP contribution is 2.39. The van der Waals surface area contributed by atoms with Crippen molar-refractivity contribution in [2.45, 2.75) is 0 Å². The predicted octanol–water partition coefficient (Wildman–Crippen LogP) is 4.31. The van der Waals surface area contributed by atoms with E-state index in [-0.39, 0.29) is 11.4 Å². The molecular formula is C11H6Br2N2O3. The second kappa shape index (κ2) is 5.45. The number of rotatable bonds is 3. The molecule has 0 aliphatic carbocycles. The first-order chi connectivity index (χ1) is 8.59. The second-order valence-corrected chi connectivity index (χ2v) is 4.96. The zero-order valence-electron chi connectivity index (χ0n) is 8.84. The minimum Gasteiger partial charge on any atom is -0.448 e. The molecule has 1 aromatic carbocycles. The van der Waals surface area contributed by atoms with Crippen LogP contribution in [-0.4, -0.2) is 9.91 Å². The van der Waals surface area contributed by atoms with Gasteiger partial charge in [0.15, 0.2) is 0 Å². The lowest BCUT2D eigenvalue weighted by Gasteiger charge is -2.09. The fourth-order valence-electron chi connectivity index (χ4n) is 1.30. The Bertz CT molecular complexity index is 605. The molecule has 5 nitrogen and oxygen atoms in total. The van der Waals surface area contributed by atoms with Gasteiger partial charge < -0.3 is 4.74 Å². The minimum absolute atomic E-state index is 0.104. The van der Waals surface area contributed by atoms with Crippen LogP contribution in [0.1, 0.15) is 0 Å². The quantitative estimate of drug-likeness (QED) is 0.594. The van der Waals surface area contributed by atoms with Crippen LogP contribution < -0.4 is 4.74 Å². The van der Waals surface area contributed by atoms with E-state index in [0.717, 1.165) is 0 Å². The summed E-state index contributed by atoms with van der Waals surface area (Å²) in [7, 11) is 0. The van der Waals surface area contributed by atoms with Crippen molar-refractivity contribution in [3.8, 4) is 11.5 Å². The Balaban J connectivity index is 2.46. The monoisotopic (exact) mass is 372 g/mol. The average Bonchev–Trinajstić information content (AvgIpc) is 2.34. The van der Waals surface area contributed by atoms with Gasteiger partial charge in [0.25, 0.3) is 0 Å².